The van der Waals surface area contributed by atoms with Gasteiger partial charge >= 0.3 is 0 Å². The van der Waals surface area contributed by atoms with Crippen molar-refractivity contribution in [1.29, 1.82) is 0 Å². The molecule has 62 heavy (non-hydrogen) atoms. The Bertz CT molecular complexity index is 3880. The number of hydrogen-bond acceptors (Lipinski definition) is 4. The number of thiophene rings is 1. The van der Waals surface area contributed by atoms with E-state index in [0.717, 1.165) is 44.4 Å². The zero-order valence-corrected chi connectivity index (χ0v) is 34.1. The summed E-state index contributed by atoms with van der Waals surface area (Å²) in [6, 6.07) is 73.9. The number of benzene rings is 10. The zero-order chi connectivity index (χ0) is 40.7. The summed E-state index contributed by atoms with van der Waals surface area (Å²) in [7, 11) is 0. The summed E-state index contributed by atoms with van der Waals surface area (Å²) >= 11 is 1.79. The van der Waals surface area contributed by atoms with Crippen molar-refractivity contribution >= 4 is 85.6 Å². The average Bonchev–Trinajstić information content (AvgIpc) is 3.90. The van der Waals surface area contributed by atoms with Gasteiger partial charge in [0.25, 0.3) is 0 Å². The first-order valence-corrected chi connectivity index (χ1v) is 21.7. The van der Waals surface area contributed by atoms with Crippen molar-refractivity contribution in [2.24, 2.45) is 0 Å². The summed E-state index contributed by atoms with van der Waals surface area (Å²) in [6.07, 6.45) is 0. The van der Waals surface area contributed by atoms with Crippen LogP contribution < -0.4 is 0 Å². The Kier molecular flexibility index (Phi) is 7.74. The molecule has 3 aromatic heterocycles. The smallest absolute Gasteiger partial charge is 0.165 e. The second-order valence-electron chi connectivity index (χ2n) is 15.9. The molecule has 0 atom stereocenters. The van der Waals surface area contributed by atoms with Crippen LogP contribution in [0.5, 0.6) is 0 Å². The lowest BCUT2D eigenvalue weighted by molar-refractivity contribution is 1.08. The normalized spacial score (nSPS) is 11.9. The van der Waals surface area contributed by atoms with E-state index in [0.29, 0.717) is 17.5 Å². The molecule has 0 unspecified atom stereocenters. The standard InChI is InChI=1S/C57H34N4S/c1-2-13-35(14-3-1)36-25-27-37(28-26-36)55-58-56(60-57(59-55)48-22-12-21-47-46-20-9-11-24-53(46)62-54(47)48)38-29-32-52-50(33-38)45-19-8-10-23-51(45)61(52)39-30-31-44-42-17-5-4-15-40(42)41-16-6-7-18-43(41)49(44)34-39/h1-34H. The quantitative estimate of drug-likeness (QED) is 0.163. The van der Waals surface area contributed by atoms with Gasteiger partial charge in [0.15, 0.2) is 17.5 Å². The Balaban J connectivity index is 1.01. The van der Waals surface area contributed by atoms with Crippen LogP contribution >= 0.6 is 11.3 Å². The van der Waals surface area contributed by atoms with Crippen LogP contribution in [-0.4, -0.2) is 19.5 Å². The van der Waals surface area contributed by atoms with Gasteiger partial charge < -0.3 is 4.57 Å². The molecule has 0 spiro atoms. The fourth-order valence-corrected chi connectivity index (χ4v) is 10.8. The zero-order valence-electron chi connectivity index (χ0n) is 33.3. The van der Waals surface area contributed by atoms with Gasteiger partial charge in [0, 0.05) is 53.3 Å². The van der Waals surface area contributed by atoms with Crippen molar-refractivity contribution in [2.75, 3.05) is 0 Å². The van der Waals surface area contributed by atoms with Gasteiger partial charge in [-0.3, -0.25) is 0 Å². The summed E-state index contributed by atoms with van der Waals surface area (Å²) < 4.78 is 4.82. The molecule has 0 aliphatic rings. The van der Waals surface area contributed by atoms with E-state index in [9.17, 15) is 0 Å². The molecule has 0 bridgehead atoms. The van der Waals surface area contributed by atoms with Crippen molar-refractivity contribution < 1.29 is 0 Å². The average molecular weight is 807 g/mol. The Labute approximate surface area is 360 Å². The van der Waals surface area contributed by atoms with Gasteiger partial charge in [0.05, 0.1) is 11.0 Å². The molecule has 0 saturated carbocycles. The Morgan fingerprint density at radius 3 is 1.60 bits per heavy atom. The van der Waals surface area contributed by atoms with Crippen molar-refractivity contribution in [2.45, 2.75) is 0 Å². The Hall–Kier alpha value is -7.99. The minimum absolute atomic E-state index is 0.637. The highest BCUT2D eigenvalue weighted by Gasteiger charge is 2.20. The molecule has 0 N–H and O–H groups in total. The van der Waals surface area contributed by atoms with Crippen LogP contribution in [-0.2, 0) is 0 Å². The van der Waals surface area contributed by atoms with E-state index < -0.39 is 0 Å². The summed E-state index contributed by atoms with van der Waals surface area (Å²) in [4.78, 5) is 15.8. The maximum Gasteiger partial charge on any atom is 0.165 e. The van der Waals surface area contributed by atoms with Crippen LogP contribution in [0.3, 0.4) is 0 Å². The van der Waals surface area contributed by atoms with Gasteiger partial charge in [0.2, 0.25) is 0 Å². The molecule has 0 amide bonds. The number of rotatable bonds is 5. The topological polar surface area (TPSA) is 43.6 Å². The van der Waals surface area contributed by atoms with Gasteiger partial charge in [-0.2, -0.15) is 0 Å². The molecule has 5 heteroatoms. The summed E-state index contributed by atoms with van der Waals surface area (Å²) in [5, 5.41) is 12.4. The predicted octanol–water partition coefficient (Wildman–Crippen LogP) is 15.5. The summed E-state index contributed by atoms with van der Waals surface area (Å²) in [5.74, 6) is 1.94. The van der Waals surface area contributed by atoms with Gasteiger partial charge in [0.1, 0.15) is 0 Å². The largest absolute Gasteiger partial charge is 0.309 e. The van der Waals surface area contributed by atoms with E-state index in [2.05, 4.69) is 205 Å². The molecule has 3 heterocycles. The first-order chi connectivity index (χ1) is 30.7. The van der Waals surface area contributed by atoms with Crippen molar-refractivity contribution in [3.8, 4) is 51.0 Å². The van der Waals surface area contributed by atoms with Crippen LogP contribution in [0.15, 0.2) is 206 Å². The number of fused-ring (bicyclic) bond motifs is 12. The molecule has 10 aromatic carbocycles. The maximum atomic E-state index is 5.30. The fraction of sp³-hybridized carbons (Fsp3) is 0. The molecule has 0 aliphatic carbocycles. The van der Waals surface area contributed by atoms with Crippen LogP contribution in [0.25, 0.3) is 125 Å². The lowest BCUT2D eigenvalue weighted by Gasteiger charge is -2.14. The second kappa shape index (κ2) is 13.8. The Morgan fingerprint density at radius 2 is 0.839 bits per heavy atom. The second-order valence-corrected chi connectivity index (χ2v) is 17.0. The molecule has 0 aliphatic heterocycles. The third-order valence-corrected chi connectivity index (χ3v) is 13.7. The van der Waals surface area contributed by atoms with Crippen LogP contribution in [0.4, 0.5) is 0 Å². The molecule has 13 aromatic rings. The SMILES string of the molecule is c1ccc(-c2ccc(-c3nc(-c4ccc5c(c4)c4ccccc4n5-c4ccc5c6ccccc6c6ccccc6c5c4)nc(-c4cccc5c4sc4ccccc45)n3)cc2)cc1. The van der Waals surface area contributed by atoms with Crippen LogP contribution in [0.1, 0.15) is 0 Å². The van der Waals surface area contributed by atoms with Crippen molar-refractivity contribution in [3.63, 3.8) is 0 Å². The van der Waals surface area contributed by atoms with E-state index in [4.69, 9.17) is 15.0 Å². The monoisotopic (exact) mass is 806 g/mol. The van der Waals surface area contributed by atoms with Gasteiger partial charge in [-0.15, -0.1) is 11.3 Å². The van der Waals surface area contributed by atoms with E-state index in [1.54, 1.807) is 11.3 Å². The highest BCUT2D eigenvalue weighted by Crippen LogP contribution is 2.42. The fourth-order valence-electron chi connectivity index (χ4n) is 9.55. The van der Waals surface area contributed by atoms with E-state index >= 15 is 0 Å². The number of para-hydroxylation sites is 1. The first-order valence-electron chi connectivity index (χ1n) is 20.9. The lowest BCUT2D eigenvalue weighted by atomic mass is 9.94. The molecule has 0 radical (unpaired) electrons. The highest BCUT2D eigenvalue weighted by atomic mass is 32.1. The number of nitrogens with zero attached hydrogens (tertiary/aromatic N) is 4. The van der Waals surface area contributed by atoms with E-state index in [1.807, 2.05) is 6.07 Å². The molecule has 13 rings (SSSR count). The van der Waals surface area contributed by atoms with Crippen molar-refractivity contribution in [1.82, 2.24) is 19.5 Å². The Morgan fingerprint density at radius 1 is 0.306 bits per heavy atom. The molecular weight excluding hydrogens is 773 g/mol. The van der Waals surface area contributed by atoms with E-state index in [-0.39, 0.29) is 0 Å². The predicted molar refractivity (Wildman–Crippen MR) is 261 cm³/mol. The lowest BCUT2D eigenvalue weighted by Crippen LogP contribution is -2.00. The number of aromatic nitrogens is 4. The number of hydrogen-bond donors (Lipinski definition) is 0. The van der Waals surface area contributed by atoms with Gasteiger partial charge in [-0.1, -0.05) is 158 Å². The van der Waals surface area contributed by atoms with Gasteiger partial charge in [-0.25, -0.2) is 15.0 Å². The first kappa shape index (κ1) is 34.8. The van der Waals surface area contributed by atoms with E-state index in [1.165, 1.54) is 63.4 Å². The third kappa shape index (κ3) is 5.42. The molecule has 4 nitrogen and oxygen atoms in total. The summed E-state index contributed by atoms with van der Waals surface area (Å²) in [5.41, 5.74) is 8.59. The molecule has 0 saturated heterocycles. The highest BCUT2D eigenvalue weighted by molar-refractivity contribution is 7.26. The third-order valence-electron chi connectivity index (χ3n) is 12.4. The van der Waals surface area contributed by atoms with Crippen LogP contribution in [0.2, 0.25) is 0 Å². The van der Waals surface area contributed by atoms with Crippen LogP contribution in [0, 0.1) is 0 Å². The molecular formula is C57H34N4S. The molecule has 288 valence electrons. The van der Waals surface area contributed by atoms with Crippen molar-refractivity contribution in [3.05, 3.63) is 206 Å². The molecule has 0 fully saturated rings. The summed E-state index contributed by atoms with van der Waals surface area (Å²) in [6.45, 7) is 0. The minimum atomic E-state index is 0.637. The minimum Gasteiger partial charge on any atom is -0.309 e. The maximum absolute atomic E-state index is 5.30. The van der Waals surface area contributed by atoms with Gasteiger partial charge in [-0.05, 0) is 92.0 Å².